The Morgan fingerprint density at radius 1 is 1.00 bits per heavy atom. The van der Waals surface area contributed by atoms with Gasteiger partial charge in [0.1, 0.15) is 5.75 Å². The van der Waals surface area contributed by atoms with E-state index in [1.54, 1.807) is 0 Å². The zero-order valence-corrected chi connectivity index (χ0v) is 19.8. The highest BCUT2D eigenvalue weighted by atomic mass is 16.5. The molecule has 0 unspecified atom stereocenters. The minimum Gasteiger partial charge on any atom is -0.494 e. The summed E-state index contributed by atoms with van der Waals surface area (Å²) in [6.07, 6.45) is 6.23. The summed E-state index contributed by atoms with van der Waals surface area (Å²) < 4.78 is 6.98. The van der Waals surface area contributed by atoms with Gasteiger partial charge in [0.05, 0.1) is 6.61 Å². The number of rotatable bonds is 7. The number of fused-ring (bicyclic) bond motifs is 1. The maximum Gasteiger partial charge on any atom is 0.225 e. The molecular formula is C25H33N7O2. The molecule has 2 aliphatic rings. The van der Waals surface area contributed by atoms with E-state index in [4.69, 9.17) is 4.74 Å². The molecule has 34 heavy (non-hydrogen) atoms. The van der Waals surface area contributed by atoms with Crippen molar-refractivity contribution < 1.29 is 9.53 Å². The molecule has 4 heterocycles. The van der Waals surface area contributed by atoms with Gasteiger partial charge in [0, 0.05) is 32.1 Å². The topological polar surface area (TPSA) is 88.8 Å². The molecule has 3 aromatic rings. The number of piperidine rings is 2. The van der Waals surface area contributed by atoms with Crippen molar-refractivity contribution in [1.29, 1.82) is 0 Å². The fourth-order valence-electron chi connectivity index (χ4n) is 5.15. The van der Waals surface area contributed by atoms with Crippen LogP contribution >= 0.6 is 0 Å². The number of aryl methyl sites for hydroxylation is 1. The van der Waals surface area contributed by atoms with Crippen LogP contribution in [0.5, 0.6) is 5.75 Å². The summed E-state index contributed by atoms with van der Waals surface area (Å²) in [7, 11) is 0. The molecule has 0 saturated carbocycles. The number of anilines is 1. The van der Waals surface area contributed by atoms with E-state index in [1.807, 2.05) is 19.1 Å². The lowest BCUT2D eigenvalue weighted by atomic mass is 9.89. The van der Waals surface area contributed by atoms with Crippen molar-refractivity contribution in [3.63, 3.8) is 0 Å². The Balaban J connectivity index is 1.05. The molecule has 0 radical (unpaired) electrons. The molecule has 180 valence electrons. The number of hydrogen-bond donors (Lipinski definition) is 0. The van der Waals surface area contributed by atoms with E-state index < -0.39 is 0 Å². The fourth-order valence-corrected chi connectivity index (χ4v) is 5.15. The Labute approximate surface area is 200 Å². The van der Waals surface area contributed by atoms with Crippen LogP contribution in [-0.4, -0.2) is 68.8 Å². The maximum atomic E-state index is 13.2. The van der Waals surface area contributed by atoms with Crippen molar-refractivity contribution in [3.05, 3.63) is 42.0 Å². The number of benzene rings is 1. The molecule has 2 aliphatic heterocycles. The Morgan fingerprint density at radius 2 is 1.76 bits per heavy atom. The zero-order chi connectivity index (χ0) is 23.3. The number of ether oxygens (including phenoxy) is 1. The summed E-state index contributed by atoms with van der Waals surface area (Å²) in [5, 5.41) is 15.9. The van der Waals surface area contributed by atoms with Crippen LogP contribution in [0.2, 0.25) is 0 Å². The summed E-state index contributed by atoms with van der Waals surface area (Å²) in [5.74, 6) is 2.96. The van der Waals surface area contributed by atoms with Crippen LogP contribution in [0, 0.1) is 11.8 Å². The number of carbonyl (C=O) groups is 1. The highest BCUT2D eigenvalue weighted by Crippen LogP contribution is 2.27. The molecule has 9 nitrogen and oxygen atoms in total. The molecule has 0 bridgehead atoms. The third-order valence-electron chi connectivity index (χ3n) is 7.23. The van der Waals surface area contributed by atoms with Gasteiger partial charge in [0.25, 0.3) is 0 Å². The van der Waals surface area contributed by atoms with Crippen LogP contribution < -0.4 is 9.64 Å². The van der Waals surface area contributed by atoms with Gasteiger partial charge >= 0.3 is 0 Å². The molecule has 0 aliphatic carbocycles. The number of carbonyl (C=O) groups excluding carboxylic acids is 1. The number of tetrazole rings is 1. The lowest BCUT2D eigenvalue weighted by Gasteiger charge is -2.37. The molecule has 0 spiro atoms. The normalized spacial score (nSPS) is 17.9. The number of hydrogen-bond acceptors (Lipinski definition) is 7. The Morgan fingerprint density at radius 3 is 2.50 bits per heavy atom. The molecule has 1 amide bonds. The Bertz CT molecular complexity index is 1080. The smallest absolute Gasteiger partial charge is 0.225 e. The van der Waals surface area contributed by atoms with E-state index in [2.05, 4.69) is 54.7 Å². The van der Waals surface area contributed by atoms with Crippen molar-refractivity contribution >= 4 is 17.4 Å². The van der Waals surface area contributed by atoms with Crippen molar-refractivity contribution in [2.75, 3.05) is 37.7 Å². The molecule has 2 fully saturated rings. The third kappa shape index (κ3) is 5.13. The Kier molecular flexibility index (Phi) is 6.87. The van der Waals surface area contributed by atoms with Gasteiger partial charge in [0.2, 0.25) is 5.91 Å². The maximum absolute atomic E-state index is 13.2. The zero-order valence-electron chi connectivity index (χ0n) is 19.8. The van der Waals surface area contributed by atoms with Crippen LogP contribution in [-0.2, 0) is 11.2 Å². The van der Waals surface area contributed by atoms with E-state index in [9.17, 15) is 4.79 Å². The van der Waals surface area contributed by atoms with Crippen LogP contribution in [0.4, 0.5) is 5.82 Å². The van der Waals surface area contributed by atoms with Gasteiger partial charge in [-0.25, -0.2) is 0 Å². The summed E-state index contributed by atoms with van der Waals surface area (Å²) in [6.45, 7) is 6.15. The van der Waals surface area contributed by atoms with Gasteiger partial charge in [-0.1, -0.05) is 12.1 Å². The standard InChI is InChI=1S/C25H33N7O2/c1-2-34-22-7-5-19(6-8-22)3-4-20-11-15-31(16-12-20)25(33)21-13-17-30(18-14-21)24-10-9-23-26-28-29-32(23)27-24/h5-10,20-21H,2-4,11-18H2,1H3. The first-order valence-electron chi connectivity index (χ1n) is 12.5. The number of likely N-dealkylation sites (tertiary alicyclic amines) is 1. The van der Waals surface area contributed by atoms with Crippen molar-refractivity contribution in [1.82, 2.24) is 30.2 Å². The van der Waals surface area contributed by atoms with Crippen molar-refractivity contribution in [3.8, 4) is 5.75 Å². The lowest BCUT2D eigenvalue weighted by Crippen LogP contribution is -2.45. The second-order valence-corrected chi connectivity index (χ2v) is 9.36. The molecule has 1 aromatic carbocycles. The van der Waals surface area contributed by atoms with E-state index in [0.29, 0.717) is 24.1 Å². The first-order valence-corrected chi connectivity index (χ1v) is 12.5. The quantitative estimate of drug-likeness (QED) is 0.532. The highest BCUT2D eigenvalue weighted by molar-refractivity contribution is 5.79. The molecule has 2 aromatic heterocycles. The minimum absolute atomic E-state index is 0.119. The average Bonchev–Trinajstić information content (AvgIpc) is 3.37. The molecule has 9 heteroatoms. The monoisotopic (exact) mass is 463 g/mol. The second-order valence-electron chi connectivity index (χ2n) is 9.36. The van der Waals surface area contributed by atoms with Crippen molar-refractivity contribution in [2.24, 2.45) is 11.8 Å². The molecule has 0 N–H and O–H groups in total. The van der Waals surface area contributed by atoms with Gasteiger partial charge in [-0.05, 0) is 91.6 Å². The van der Waals surface area contributed by atoms with Crippen LogP contribution in [0.25, 0.3) is 5.65 Å². The fraction of sp³-hybridized carbons (Fsp3) is 0.560. The van der Waals surface area contributed by atoms with E-state index in [0.717, 1.165) is 69.9 Å². The molecular weight excluding hydrogens is 430 g/mol. The van der Waals surface area contributed by atoms with Gasteiger partial charge in [-0.3, -0.25) is 4.79 Å². The number of amides is 1. The number of aromatic nitrogens is 5. The second kappa shape index (κ2) is 10.4. The third-order valence-corrected chi connectivity index (χ3v) is 7.23. The van der Waals surface area contributed by atoms with E-state index >= 15 is 0 Å². The molecule has 2 saturated heterocycles. The van der Waals surface area contributed by atoms with Crippen LogP contribution in [0.15, 0.2) is 36.4 Å². The van der Waals surface area contributed by atoms with Gasteiger partial charge in [-0.2, -0.15) is 0 Å². The average molecular weight is 464 g/mol. The predicted molar refractivity (Wildman–Crippen MR) is 129 cm³/mol. The van der Waals surface area contributed by atoms with E-state index in [-0.39, 0.29) is 5.92 Å². The predicted octanol–water partition coefficient (Wildman–Crippen LogP) is 3.01. The Hall–Kier alpha value is -3.23. The molecule has 0 atom stereocenters. The van der Waals surface area contributed by atoms with Gasteiger partial charge in [-0.15, -0.1) is 14.8 Å². The summed E-state index contributed by atoms with van der Waals surface area (Å²) in [6, 6.07) is 12.3. The summed E-state index contributed by atoms with van der Waals surface area (Å²) in [4.78, 5) is 17.5. The minimum atomic E-state index is 0.119. The van der Waals surface area contributed by atoms with Crippen LogP contribution in [0.1, 0.15) is 44.6 Å². The number of nitrogens with zero attached hydrogens (tertiary/aromatic N) is 7. The first kappa shape index (κ1) is 22.6. The SMILES string of the molecule is CCOc1ccc(CCC2CCN(C(=O)C3CCN(c4ccc5nnnn5n4)CC3)CC2)cc1. The van der Waals surface area contributed by atoms with Gasteiger partial charge < -0.3 is 14.5 Å². The van der Waals surface area contributed by atoms with Gasteiger partial charge in [0.15, 0.2) is 11.5 Å². The first-order chi connectivity index (χ1) is 16.7. The van der Waals surface area contributed by atoms with Crippen LogP contribution in [0.3, 0.4) is 0 Å². The van der Waals surface area contributed by atoms with E-state index in [1.165, 1.54) is 16.6 Å². The largest absolute Gasteiger partial charge is 0.494 e. The summed E-state index contributed by atoms with van der Waals surface area (Å²) in [5.41, 5.74) is 2.00. The lowest BCUT2D eigenvalue weighted by molar-refractivity contribution is -0.137. The summed E-state index contributed by atoms with van der Waals surface area (Å²) >= 11 is 0. The highest BCUT2D eigenvalue weighted by Gasteiger charge is 2.31. The molecule has 5 rings (SSSR count). The van der Waals surface area contributed by atoms with Crippen molar-refractivity contribution in [2.45, 2.75) is 45.4 Å².